The molecule has 9 heteroatoms. The minimum atomic E-state index is -1.17. The standard InChI is InChI=1S/C19H27N3O5S/c1-12(16(24)20-18(26)21-19(2,3)4)27-17(25)13-9-7-8-10-14(13)28-11-15(23)22(5)6/h7-10,12H,11H2,1-6H3,(H2,20,21,24,26)/t12-/m0/s1. The maximum atomic E-state index is 12.5. The van der Waals surface area contributed by atoms with Gasteiger partial charge in [-0.25, -0.2) is 9.59 Å². The van der Waals surface area contributed by atoms with Crippen molar-refractivity contribution in [2.24, 2.45) is 0 Å². The average molecular weight is 410 g/mol. The van der Waals surface area contributed by atoms with Crippen LogP contribution in [-0.4, -0.2) is 60.2 Å². The van der Waals surface area contributed by atoms with Crippen molar-refractivity contribution in [1.82, 2.24) is 15.5 Å². The van der Waals surface area contributed by atoms with Crippen molar-refractivity contribution in [2.45, 2.75) is 44.2 Å². The smallest absolute Gasteiger partial charge is 0.340 e. The molecule has 0 unspecified atom stereocenters. The summed E-state index contributed by atoms with van der Waals surface area (Å²) in [7, 11) is 3.30. The third kappa shape index (κ3) is 7.99. The Morgan fingerprint density at radius 3 is 2.32 bits per heavy atom. The van der Waals surface area contributed by atoms with Gasteiger partial charge in [-0.1, -0.05) is 12.1 Å². The molecule has 0 bridgehead atoms. The first-order valence-corrected chi connectivity index (χ1v) is 9.65. The number of hydrogen-bond acceptors (Lipinski definition) is 6. The Morgan fingerprint density at radius 2 is 1.75 bits per heavy atom. The zero-order valence-corrected chi connectivity index (χ0v) is 17.8. The molecule has 0 heterocycles. The van der Waals surface area contributed by atoms with Gasteiger partial charge in [0.25, 0.3) is 5.91 Å². The van der Waals surface area contributed by atoms with Crippen LogP contribution in [0.4, 0.5) is 4.79 Å². The van der Waals surface area contributed by atoms with E-state index in [1.807, 2.05) is 0 Å². The predicted octanol–water partition coefficient (Wildman–Crippen LogP) is 2.04. The van der Waals surface area contributed by atoms with Gasteiger partial charge in [0.05, 0.1) is 11.3 Å². The Morgan fingerprint density at radius 1 is 1.14 bits per heavy atom. The Labute approximate surface area is 169 Å². The molecule has 0 fully saturated rings. The quantitative estimate of drug-likeness (QED) is 0.550. The normalized spacial score (nSPS) is 11.9. The average Bonchev–Trinajstić information content (AvgIpc) is 2.57. The molecular formula is C19H27N3O5S. The molecule has 1 atom stereocenters. The van der Waals surface area contributed by atoms with Gasteiger partial charge in [-0.05, 0) is 39.8 Å². The monoisotopic (exact) mass is 409 g/mol. The maximum Gasteiger partial charge on any atom is 0.340 e. The molecule has 0 saturated carbocycles. The van der Waals surface area contributed by atoms with Gasteiger partial charge in [0, 0.05) is 24.5 Å². The first-order chi connectivity index (χ1) is 12.9. The molecule has 8 nitrogen and oxygen atoms in total. The van der Waals surface area contributed by atoms with Crippen LogP contribution in [0.3, 0.4) is 0 Å². The SMILES string of the molecule is C[C@H](OC(=O)c1ccccc1SCC(=O)N(C)C)C(=O)NC(=O)NC(C)(C)C. The highest BCUT2D eigenvalue weighted by Gasteiger charge is 2.24. The Balaban J connectivity index is 2.73. The number of rotatable bonds is 6. The number of esters is 1. The van der Waals surface area contributed by atoms with Crippen LogP contribution >= 0.6 is 11.8 Å². The minimum Gasteiger partial charge on any atom is -0.449 e. The molecule has 0 aliphatic carbocycles. The Bertz CT molecular complexity index is 743. The van der Waals surface area contributed by atoms with Crippen LogP contribution in [0.15, 0.2) is 29.2 Å². The topological polar surface area (TPSA) is 105 Å². The van der Waals surface area contributed by atoms with Gasteiger partial charge >= 0.3 is 12.0 Å². The van der Waals surface area contributed by atoms with Crippen molar-refractivity contribution < 1.29 is 23.9 Å². The molecule has 1 rings (SSSR count). The number of benzene rings is 1. The molecule has 0 saturated heterocycles. The van der Waals surface area contributed by atoms with Crippen molar-refractivity contribution in [2.75, 3.05) is 19.8 Å². The number of urea groups is 1. The lowest BCUT2D eigenvalue weighted by molar-refractivity contribution is -0.128. The van der Waals surface area contributed by atoms with E-state index in [4.69, 9.17) is 4.74 Å². The number of nitrogens with zero attached hydrogens (tertiary/aromatic N) is 1. The number of amides is 4. The second-order valence-corrected chi connectivity index (χ2v) is 8.33. The van der Waals surface area contributed by atoms with Gasteiger partial charge in [-0.2, -0.15) is 0 Å². The first-order valence-electron chi connectivity index (χ1n) is 8.66. The van der Waals surface area contributed by atoms with Crippen molar-refractivity contribution in [3.8, 4) is 0 Å². The maximum absolute atomic E-state index is 12.5. The molecule has 154 valence electrons. The van der Waals surface area contributed by atoms with Crippen molar-refractivity contribution in [3.63, 3.8) is 0 Å². The van der Waals surface area contributed by atoms with E-state index in [1.54, 1.807) is 59.1 Å². The van der Waals surface area contributed by atoms with Gasteiger partial charge in [0.15, 0.2) is 6.10 Å². The van der Waals surface area contributed by atoms with Gasteiger partial charge in [-0.15, -0.1) is 11.8 Å². The van der Waals surface area contributed by atoms with Crippen molar-refractivity contribution >= 4 is 35.6 Å². The summed E-state index contributed by atoms with van der Waals surface area (Å²) in [6, 6.07) is 5.99. The Kier molecular flexibility index (Phi) is 8.49. The highest BCUT2D eigenvalue weighted by atomic mass is 32.2. The molecule has 0 radical (unpaired) electrons. The molecule has 0 aliphatic rings. The van der Waals surface area contributed by atoms with Crippen LogP contribution < -0.4 is 10.6 Å². The molecule has 1 aromatic carbocycles. The number of carbonyl (C=O) groups is 4. The molecule has 1 aromatic rings. The van der Waals surface area contributed by atoms with Gasteiger partial charge in [0.2, 0.25) is 5.91 Å². The van der Waals surface area contributed by atoms with E-state index in [1.165, 1.54) is 23.6 Å². The second-order valence-electron chi connectivity index (χ2n) is 7.31. The van der Waals surface area contributed by atoms with E-state index in [2.05, 4.69) is 10.6 Å². The molecule has 2 N–H and O–H groups in total. The van der Waals surface area contributed by atoms with Crippen molar-refractivity contribution in [1.29, 1.82) is 0 Å². The lowest BCUT2D eigenvalue weighted by Crippen LogP contribution is -2.50. The molecular weight excluding hydrogens is 382 g/mol. The highest BCUT2D eigenvalue weighted by molar-refractivity contribution is 8.00. The summed E-state index contributed by atoms with van der Waals surface area (Å²) in [5.41, 5.74) is -0.261. The Hall–Kier alpha value is -2.55. The number of carbonyl (C=O) groups excluding carboxylic acids is 4. The lowest BCUT2D eigenvalue weighted by Gasteiger charge is -2.21. The van der Waals surface area contributed by atoms with Gasteiger partial charge in [0.1, 0.15) is 0 Å². The van der Waals surface area contributed by atoms with Gasteiger partial charge < -0.3 is 15.0 Å². The van der Waals surface area contributed by atoms with Crippen LogP contribution in [0.2, 0.25) is 0 Å². The lowest BCUT2D eigenvalue weighted by atomic mass is 10.1. The summed E-state index contributed by atoms with van der Waals surface area (Å²) in [6.45, 7) is 6.70. The van der Waals surface area contributed by atoms with E-state index < -0.39 is 29.6 Å². The number of thioether (sulfide) groups is 1. The summed E-state index contributed by atoms with van der Waals surface area (Å²) in [5, 5.41) is 4.72. The number of hydrogen-bond donors (Lipinski definition) is 2. The largest absolute Gasteiger partial charge is 0.449 e. The summed E-state index contributed by atoms with van der Waals surface area (Å²) in [4.78, 5) is 50.1. The molecule has 0 aliphatic heterocycles. The fourth-order valence-electron chi connectivity index (χ4n) is 1.89. The fraction of sp³-hybridized carbons (Fsp3) is 0.474. The summed E-state index contributed by atoms with van der Waals surface area (Å²) >= 11 is 1.21. The molecule has 28 heavy (non-hydrogen) atoms. The highest BCUT2D eigenvalue weighted by Crippen LogP contribution is 2.24. The summed E-state index contributed by atoms with van der Waals surface area (Å²) < 4.78 is 5.18. The zero-order valence-electron chi connectivity index (χ0n) is 17.0. The fourth-order valence-corrected chi connectivity index (χ4v) is 2.91. The predicted molar refractivity (Wildman–Crippen MR) is 107 cm³/mol. The number of ether oxygens (including phenoxy) is 1. The van der Waals surface area contributed by atoms with Crippen LogP contribution in [-0.2, 0) is 14.3 Å². The van der Waals surface area contributed by atoms with E-state index in [0.29, 0.717) is 4.90 Å². The third-order valence-corrected chi connectivity index (χ3v) is 4.39. The summed E-state index contributed by atoms with van der Waals surface area (Å²) in [6.07, 6.45) is -1.17. The second kappa shape index (κ2) is 10.1. The van der Waals surface area contributed by atoms with Crippen LogP contribution in [0, 0.1) is 0 Å². The third-order valence-electron chi connectivity index (χ3n) is 3.34. The van der Waals surface area contributed by atoms with Crippen LogP contribution in [0.25, 0.3) is 0 Å². The van der Waals surface area contributed by atoms with Crippen LogP contribution in [0.1, 0.15) is 38.1 Å². The molecule has 0 aromatic heterocycles. The molecule has 4 amide bonds. The zero-order chi connectivity index (χ0) is 21.5. The number of imide groups is 1. The minimum absolute atomic E-state index is 0.0919. The van der Waals surface area contributed by atoms with E-state index in [0.717, 1.165) is 0 Å². The van der Waals surface area contributed by atoms with Crippen molar-refractivity contribution in [3.05, 3.63) is 29.8 Å². The first kappa shape index (κ1) is 23.5. The van der Waals surface area contributed by atoms with Crippen LogP contribution in [0.5, 0.6) is 0 Å². The molecule has 0 spiro atoms. The van der Waals surface area contributed by atoms with Gasteiger partial charge in [-0.3, -0.25) is 14.9 Å². The number of nitrogens with one attached hydrogen (secondary N) is 2. The van der Waals surface area contributed by atoms with E-state index in [9.17, 15) is 19.2 Å². The summed E-state index contributed by atoms with van der Waals surface area (Å²) in [5.74, 6) is -1.37. The van der Waals surface area contributed by atoms with E-state index in [-0.39, 0.29) is 17.2 Å². The van der Waals surface area contributed by atoms with E-state index >= 15 is 0 Å².